The Hall–Kier alpha value is -1.06. The molecule has 1 aromatic rings. The molecule has 1 atom stereocenters. The maximum atomic E-state index is 5.72. The maximum Gasteiger partial charge on any atom is 0.0740 e. The zero-order valence-electron chi connectivity index (χ0n) is 9.46. The van der Waals surface area contributed by atoms with E-state index in [4.69, 9.17) is 4.74 Å². The molecule has 0 spiro atoms. The number of fused-ring (bicyclic) bond motifs is 1. The smallest absolute Gasteiger partial charge is 0.0740 e. The summed E-state index contributed by atoms with van der Waals surface area (Å²) in [5.74, 6) is 0. The Bertz CT molecular complexity index is 372. The van der Waals surface area contributed by atoms with Gasteiger partial charge >= 0.3 is 0 Å². The van der Waals surface area contributed by atoms with E-state index in [1.807, 2.05) is 0 Å². The van der Waals surface area contributed by atoms with Crippen LogP contribution in [-0.2, 0) is 17.6 Å². The lowest BCUT2D eigenvalue weighted by atomic mass is 10.0. The molecule has 1 aromatic carbocycles. The minimum absolute atomic E-state index is 0.348. The van der Waals surface area contributed by atoms with Crippen LogP contribution in [0.1, 0.15) is 11.1 Å². The predicted octanol–water partition coefficient (Wildman–Crippen LogP) is 1.19. The van der Waals surface area contributed by atoms with Crippen molar-refractivity contribution in [1.82, 2.24) is 5.32 Å². The van der Waals surface area contributed by atoms with Gasteiger partial charge in [0.15, 0.2) is 0 Å². The third-order valence-corrected chi connectivity index (χ3v) is 3.35. The summed E-state index contributed by atoms with van der Waals surface area (Å²) in [6, 6.07) is 6.75. The predicted molar refractivity (Wildman–Crippen MR) is 64.9 cm³/mol. The van der Waals surface area contributed by atoms with Crippen LogP contribution < -0.4 is 10.6 Å². The van der Waals surface area contributed by atoms with Crippen molar-refractivity contribution in [2.75, 3.05) is 31.6 Å². The van der Waals surface area contributed by atoms with E-state index in [2.05, 4.69) is 28.8 Å². The molecule has 2 heterocycles. The average molecular weight is 218 g/mol. The second-order valence-corrected chi connectivity index (χ2v) is 4.57. The van der Waals surface area contributed by atoms with Gasteiger partial charge < -0.3 is 15.4 Å². The monoisotopic (exact) mass is 218 g/mol. The summed E-state index contributed by atoms with van der Waals surface area (Å²) in [7, 11) is 0. The van der Waals surface area contributed by atoms with Gasteiger partial charge in [-0.15, -0.1) is 0 Å². The second-order valence-electron chi connectivity index (χ2n) is 4.57. The van der Waals surface area contributed by atoms with Gasteiger partial charge in [0.1, 0.15) is 0 Å². The average Bonchev–Trinajstić information content (AvgIpc) is 2.77. The Kier molecular flexibility index (Phi) is 2.80. The summed E-state index contributed by atoms with van der Waals surface area (Å²) in [6.45, 7) is 3.90. The molecule has 1 fully saturated rings. The molecular weight excluding hydrogens is 200 g/mol. The number of hydrogen-bond donors (Lipinski definition) is 2. The Morgan fingerprint density at radius 1 is 1.31 bits per heavy atom. The van der Waals surface area contributed by atoms with Gasteiger partial charge in [0, 0.05) is 25.3 Å². The third kappa shape index (κ3) is 2.06. The summed E-state index contributed by atoms with van der Waals surface area (Å²) in [6.07, 6.45) is 2.54. The molecule has 0 aromatic heterocycles. The van der Waals surface area contributed by atoms with E-state index in [1.165, 1.54) is 16.8 Å². The van der Waals surface area contributed by atoms with E-state index < -0.39 is 0 Å². The van der Waals surface area contributed by atoms with Gasteiger partial charge in [-0.25, -0.2) is 0 Å². The van der Waals surface area contributed by atoms with Crippen LogP contribution >= 0.6 is 0 Å². The Labute approximate surface area is 96.2 Å². The topological polar surface area (TPSA) is 33.3 Å². The summed E-state index contributed by atoms with van der Waals surface area (Å²) >= 11 is 0. The molecule has 0 bridgehead atoms. The maximum absolute atomic E-state index is 5.72. The summed E-state index contributed by atoms with van der Waals surface area (Å²) in [5.41, 5.74) is 4.17. The van der Waals surface area contributed by atoms with Crippen LogP contribution in [0.25, 0.3) is 0 Å². The molecule has 3 heteroatoms. The lowest BCUT2D eigenvalue weighted by molar-refractivity contribution is 0.0292. The molecule has 3 nitrogen and oxygen atoms in total. The van der Waals surface area contributed by atoms with E-state index in [-0.39, 0.29) is 0 Å². The molecule has 1 unspecified atom stereocenters. The largest absolute Gasteiger partial charge is 0.384 e. The molecule has 0 aliphatic carbocycles. The fraction of sp³-hybridized carbons (Fsp3) is 0.538. The first kappa shape index (κ1) is 10.1. The van der Waals surface area contributed by atoms with Crippen molar-refractivity contribution in [3.63, 3.8) is 0 Å². The van der Waals surface area contributed by atoms with Gasteiger partial charge in [0.05, 0.1) is 12.7 Å². The van der Waals surface area contributed by atoms with Crippen molar-refractivity contribution in [2.24, 2.45) is 0 Å². The molecule has 2 N–H and O–H groups in total. The summed E-state index contributed by atoms with van der Waals surface area (Å²) in [5, 5.41) is 6.76. The normalized spacial score (nSPS) is 23.9. The van der Waals surface area contributed by atoms with Gasteiger partial charge in [-0.05, 0) is 30.0 Å². The van der Waals surface area contributed by atoms with Crippen LogP contribution in [0.3, 0.4) is 0 Å². The summed E-state index contributed by atoms with van der Waals surface area (Å²) in [4.78, 5) is 0. The Balaban J connectivity index is 1.69. The second kappa shape index (κ2) is 4.44. The highest BCUT2D eigenvalue weighted by Crippen LogP contribution is 2.23. The first-order valence-corrected chi connectivity index (χ1v) is 6.10. The first-order chi connectivity index (χ1) is 7.92. The van der Waals surface area contributed by atoms with E-state index in [9.17, 15) is 0 Å². The van der Waals surface area contributed by atoms with Gasteiger partial charge in [-0.3, -0.25) is 0 Å². The zero-order valence-corrected chi connectivity index (χ0v) is 9.46. The van der Waals surface area contributed by atoms with E-state index in [0.29, 0.717) is 6.10 Å². The summed E-state index contributed by atoms with van der Waals surface area (Å²) < 4.78 is 5.72. The van der Waals surface area contributed by atoms with Crippen LogP contribution in [0.5, 0.6) is 0 Å². The molecule has 0 amide bonds. The first-order valence-electron chi connectivity index (χ1n) is 6.10. The molecular formula is C13H18N2O. The van der Waals surface area contributed by atoms with Crippen LogP contribution in [0.4, 0.5) is 5.69 Å². The number of ether oxygens (including phenoxy) is 1. The molecule has 3 rings (SSSR count). The molecule has 2 aliphatic rings. The van der Waals surface area contributed by atoms with E-state index >= 15 is 0 Å². The van der Waals surface area contributed by atoms with Gasteiger partial charge in [0.2, 0.25) is 0 Å². The van der Waals surface area contributed by atoms with Crippen molar-refractivity contribution in [3.8, 4) is 0 Å². The Morgan fingerprint density at radius 3 is 3.19 bits per heavy atom. The molecule has 1 saturated heterocycles. The number of hydrogen-bond acceptors (Lipinski definition) is 3. The van der Waals surface area contributed by atoms with Gasteiger partial charge in [-0.1, -0.05) is 12.1 Å². The van der Waals surface area contributed by atoms with E-state index in [1.54, 1.807) is 0 Å². The fourth-order valence-corrected chi connectivity index (χ4v) is 2.50. The van der Waals surface area contributed by atoms with Crippen molar-refractivity contribution in [1.29, 1.82) is 0 Å². The molecule has 86 valence electrons. The van der Waals surface area contributed by atoms with Crippen molar-refractivity contribution >= 4 is 5.69 Å². The lowest BCUT2D eigenvalue weighted by Crippen LogP contribution is -2.39. The van der Waals surface area contributed by atoms with Crippen molar-refractivity contribution in [3.05, 3.63) is 29.3 Å². The molecule has 2 aliphatic heterocycles. The van der Waals surface area contributed by atoms with Crippen molar-refractivity contribution < 1.29 is 4.74 Å². The minimum Gasteiger partial charge on any atom is -0.384 e. The van der Waals surface area contributed by atoms with Gasteiger partial charge in [0.25, 0.3) is 0 Å². The van der Waals surface area contributed by atoms with Crippen molar-refractivity contribution in [2.45, 2.75) is 18.9 Å². The van der Waals surface area contributed by atoms with Gasteiger partial charge in [-0.2, -0.15) is 0 Å². The highest BCUT2D eigenvalue weighted by molar-refractivity contribution is 5.56. The third-order valence-electron chi connectivity index (χ3n) is 3.35. The molecule has 0 saturated carbocycles. The number of rotatable bonds is 2. The molecule has 16 heavy (non-hydrogen) atoms. The number of benzene rings is 1. The van der Waals surface area contributed by atoms with Crippen LogP contribution in [-0.4, -0.2) is 32.3 Å². The number of nitrogens with one attached hydrogen (secondary N) is 2. The fourth-order valence-electron chi connectivity index (χ4n) is 2.50. The molecule has 0 radical (unpaired) electrons. The zero-order chi connectivity index (χ0) is 10.8. The SMILES string of the molecule is c1cc2c(cc1CC1CNCCO1)CCN2. The Morgan fingerprint density at radius 2 is 2.31 bits per heavy atom. The lowest BCUT2D eigenvalue weighted by Gasteiger charge is -2.23. The number of anilines is 1. The minimum atomic E-state index is 0.348. The van der Waals surface area contributed by atoms with Crippen LogP contribution in [0, 0.1) is 0 Å². The quantitative estimate of drug-likeness (QED) is 0.782. The number of morpholine rings is 1. The van der Waals surface area contributed by atoms with E-state index in [0.717, 1.165) is 39.1 Å². The highest BCUT2D eigenvalue weighted by atomic mass is 16.5. The standard InChI is InChI=1S/C13H18N2O/c1-2-13-11(3-4-15-13)7-10(1)8-12-9-14-5-6-16-12/h1-2,7,12,14-15H,3-6,8-9H2. The van der Waals surface area contributed by atoms with Crippen LogP contribution in [0.2, 0.25) is 0 Å². The highest BCUT2D eigenvalue weighted by Gasteiger charge is 2.15. The van der Waals surface area contributed by atoms with Crippen LogP contribution in [0.15, 0.2) is 18.2 Å².